The number of nitrogens with zero attached hydrogens (tertiary/aromatic N) is 1. The second kappa shape index (κ2) is 3.59. The third-order valence-corrected chi connectivity index (χ3v) is 2.72. The monoisotopic (exact) mass is 223 g/mol. The van der Waals surface area contributed by atoms with Crippen molar-refractivity contribution in [1.82, 2.24) is 4.57 Å². The number of aryl methyl sites for hydroxylation is 1. The summed E-state index contributed by atoms with van der Waals surface area (Å²) in [6, 6.07) is 3.52. The SMILES string of the molecule is COc1ccc(Cl)c2c1c(C=O)cn2C. The third kappa shape index (κ3) is 1.39. The highest BCUT2D eigenvalue weighted by molar-refractivity contribution is 6.35. The molecule has 0 radical (unpaired) electrons. The van der Waals surface area contributed by atoms with Crippen LogP contribution in [0.15, 0.2) is 18.3 Å². The Kier molecular flexibility index (Phi) is 2.40. The van der Waals surface area contributed by atoms with Crippen molar-refractivity contribution in [3.8, 4) is 5.75 Å². The number of halogens is 1. The fourth-order valence-electron chi connectivity index (χ4n) is 1.77. The van der Waals surface area contributed by atoms with Crippen molar-refractivity contribution in [2.75, 3.05) is 7.11 Å². The maximum atomic E-state index is 10.9. The lowest BCUT2D eigenvalue weighted by molar-refractivity contribution is 0.112. The van der Waals surface area contributed by atoms with E-state index in [2.05, 4.69) is 0 Å². The first-order chi connectivity index (χ1) is 7.19. The van der Waals surface area contributed by atoms with Gasteiger partial charge in [-0.3, -0.25) is 4.79 Å². The number of ether oxygens (including phenoxy) is 1. The van der Waals surface area contributed by atoms with Crippen molar-refractivity contribution in [3.63, 3.8) is 0 Å². The molecule has 0 unspecified atom stereocenters. The molecule has 1 heterocycles. The van der Waals surface area contributed by atoms with E-state index in [4.69, 9.17) is 16.3 Å². The Labute approximate surface area is 92.2 Å². The van der Waals surface area contributed by atoms with E-state index < -0.39 is 0 Å². The molecule has 0 bridgehead atoms. The van der Waals surface area contributed by atoms with Gasteiger partial charge in [-0.15, -0.1) is 0 Å². The topological polar surface area (TPSA) is 31.2 Å². The molecule has 1 aromatic carbocycles. The summed E-state index contributed by atoms with van der Waals surface area (Å²) in [7, 11) is 3.42. The van der Waals surface area contributed by atoms with Crippen molar-refractivity contribution in [2.24, 2.45) is 7.05 Å². The molecule has 0 aliphatic carbocycles. The highest BCUT2D eigenvalue weighted by Crippen LogP contribution is 2.34. The Bertz CT molecular complexity index is 531. The van der Waals surface area contributed by atoms with Gasteiger partial charge in [-0.05, 0) is 12.1 Å². The zero-order valence-electron chi connectivity index (χ0n) is 8.45. The molecule has 2 aromatic rings. The van der Waals surface area contributed by atoms with Crippen LogP contribution in [-0.4, -0.2) is 18.0 Å². The first-order valence-corrected chi connectivity index (χ1v) is 4.83. The predicted molar refractivity (Wildman–Crippen MR) is 59.9 cm³/mol. The molecule has 0 spiro atoms. The summed E-state index contributed by atoms with van der Waals surface area (Å²) in [6.45, 7) is 0. The molecular formula is C11H10ClNO2. The smallest absolute Gasteiger partial charge is 0.152 e. The number of methoxy groups -OCH3 is 1. The van der Waals surface area contributed by atoms with Crippen LogP contribution in [0.2, 0.25) is 5.02 Å². The standard InChI is InChI=1S/C11H10ClNO2/c1-13-5-7(6-14)10-9(15-2)4-3-8(12)11(10)13/h3-6H,1-2H3. The number of fused-ring (bicyclic) bond motifs is 1. The number of aldehydes is 1. The van der Waals surface area contributed by atoms with Crippen LogP contribution in [0.4, 0.5) is 0 Å². The van der Waals surface area contributed by atoms with Crippen LogP contribution in [0.1, 0.15) is 10.4 Å². The first-order valence-electron chi connectivity index (χ1n) is 4.45. The van der Waals surface area contributed by atoms with Gasteiger partial charge < -0.3 is 9.30 Å². The van der Waals surface area contributed by atoms with Gasteiger partial charge in [0.25, 0.3) is 0 Å². The Balaban J connectivity index is 2.96. The van der Waals surface area contributed by atoms with Crippen molar-refractivity contribution in [2.45, 2.75) is 0 Å². The summed E-state index contributed by atoms with van der Waals surface area (Å²) in [5, 5.41) is 1.38. The third-order valence-electron chi connectivity index (χ3n) is 2.41. The molecule has 4 heteroatoms. The average molecular weight is 224 g/mol. The molecule has 2 rings (SSSR count). The Hall–Kier alpha value is -1.48. The minimum absolute atomic E-state index is 0.590. The van der Waals surface area contributed by atoms with Gasteiger partial charge in [-0.1, -0.05) is 11.6 Å². The largest absolute Gasteiger partial charge is 0.496 e. The molecule has 0 aliphatic heterocycles. The number of hydrogen-bond acceptors (Lipinski definition) is 2. The highest BCUT2D eigenvalue weighted by Gasteiger charge is 2.13. The molecule has 15 heavy (non-hydrogen) atoms. The zero-order valence-corrected chi connectivity index (χ0v) is 9.21. The van der Waals surface area contributed by atoms with Gasteiger partial charge in [0.1, 0.15) is 5.75 Å². The number of aromatic nitrogens is 1. The molecular weight excluding hydrogens is 214 g/mol. The minimum atomic E-state index is 0.590. The summed E-state index contributed by atoms with van der Waals surface area (Å²) in [5.74, 6) is 0.664. The van der Waals surface area contributed by atoms with Crippen molar-refractivity contribution < 1.29 is 9.53 Å². The number of carbonyl (C=O) groups excluding carboxylic acids is 1. The van der Waals surface area contributed by atoms with Crippen molar-refractivity contribution >= 4 is 28.8 Å². The van der Waals surface area contributed by atoms with Crippen molar-refractivity contribution in [3.05, 3.63) is 28.9 Å². The van der Waals surface area contributed by atoms with Crippen LogP contribution in [0, 0.1) is 0 Å². The summed E-state index contributed by atoms with van der Waals surface area (Å²) in [6.07, 6.45) is 2.55. The normalized spacial score (nSPS) is 10.6. The van der Waals surface area contributed by atoms with E-state index in [1.807, 2.05) is 11.6 Å². The van der Waals surface area contributed by atoms with E-state index in [1.54, 1.807) is 25.4 Å². The number of carbonyl (C=O) groups is 1. The number of rotatable bonds is 2. The Morgan fingerprint density at radius 2 is 2.20 bits per heavy atom. The summed E-state index contributed by atoms with van der Waals surface area (Å²) in [4.78, 5) is 10.9. The molecule has 0 saturated heterocycles. The van der Waals surface area contributed by atoms with Gasteiger partial charge >= 0.3 is 0 Å². The molecule has 0 N–H and O–H groups in total. The second-order valence-corrected chi connectivity index (χ2v) is 3.69. The molecule has 0 saturated carbocycles. The first kappa shape index (κ1) is 10.1. The molecule has 0 atom stereocenters. The second-order valence-electron chi connectivity index (χ2n) is 3.29. The quantitative estimate of drug-likeness (QED) is 0.733. The zero-order chi connectivity index (χ0) is 11.0. The lowest BCUT2D eigenvalue weighted by Crippen LogP contribution is -1.88. The van der Waals surface area contributed by atoms with E-state index in [-0.39, 0.29) is 0 Å². The van der Waals surface area contributed by atoms with Gasteiger partial charge in [-0.25, -0.2) is 0 Å². The van der Waals surface area contributed by atoms with Crippen LogP contribution in [-0.2, 0) is 7.05 Å². The van der Waals surface area contributed by atoms with Gasteiger partial charge in [0.05, 0.1) is 23.0 Å². The lowest BCUT2D eigenvalue weighted by atomic mass is 10.1. The Morgan fingerprint density at radius 3 is 2.80 bits per heavy atom. The molecule has 1 aromatic heterocycles. The van der Waals surface area contributed by atoms with Gasteiger partial charge in [0, 0.05) is 18.8 Å². The van der Waals surface area contributed by atoms with E-state index >= 15 is 0 Å². The fourth-order valence-corrected chi connectivity index (χ4v) is 2.06. The van der Waals surface area contributed by atoms with Crippen LogP contribution < -0.4 is 4.74 Å². The molecule has 0 fully saturated rings. The van der Waals surface area contributed by atoms with Crippen molar-refractivity contribution in [1.29, 1.82) is 0 Å². The molecule has 3 nitrogen and oxygen atoms in total. The Morgan fingerprint density at radius 1 is 1.47 bits per heavy atom. The predicted octanol–water partition coefficient (Wildman–Crippen LogP) is 2.65. The molecule has 0 aliphatic rings. The van der Waals surface area contributed by atoms with Crippen LogP contribution in [0.3, 0.4) is 0 Å². The van der Waals surface area contributed by atoms with E-state index in [1.165, 1.54) is 0 Å². The van der Waals surface area contributed by atoms with E-state index in [0.29, 0.717) is 16.3 Å². The van der Waals surface area contributed by atoms with Gasteiger partial charge in [0.2, 0.25) is 0 Å². The summed E-state index contributed by atoms with van der Waals surface area (Å²) < 4.78 is 7.03. The fraction of sp³-hybridized carbons (Fsp3) is 0.182. The maximum absolute atomic E-state index is 10.9. The molecule has 0 amide bonds. The molecule has 78 valence electrons. The average Bonchev–Trinajstić information content (AvgIpc) is 2.58. The van der Waals surface area contributed by atoms with Gasteiger partial charge in [-0.2, -0.15) is 0 Å². The highest BCUT2D eigenvalue weighted by atomic mass is 35.5. The summed E-state index contributed by atoms with van der Waals surface area (Å²) in [5.41, 5.74) is 1.41. The number of hydrogen-bond donors (Lipinski definition) is 0. The van der Waals surface area contributed by atoms with Crippen LogP contribution in [0.25, 0.3) is 10.9 Å². The maximum Gasteiger partial charge on any atom is 0.152 e. The van der Waals surface area contributed by atoms with E-state index in [9.17, 15) is 4.79 Å². The summed E-state index contributed by atoms with van der Waals surface area (Å²) >= 11 is 6.07. The lowest BCUT2D eigenvalue weighted by Gasteiger charge is -2.04. The minimum Gasteiger partial charge on any atom is -0.496 e. The van der Waals surface area contributed by atoms with Gasteiger partial charge in [0.15, 0.2) is 6.29 Å². The van der Waals surface area contributed by atoms with E-state index in [0.717, 1.165) is 17.2 Å². The van der Waals surface area contributed by atoms with Crippen LogP contribution in [0.5, 0.6) is 5.75 Å². The van der Waals surface area contributed by atoms with Crippen LogP contribution >= 0.6 is 11.6 Å². The number of benzene rings is 1.